The Bertz CT molecular complexity index is 258. The number of ketones is 1. The van der Waals surface area contributed by atoms with E-state index in [1.54, 1.807) is 6.92 Å². The molecule has 0 aliphatic carbocycles. The second-order valence-electron chi connectivity index (χ2n) is 2.60. The summed E-state index contributed by atoms with van der Waals surface area (Å²) in [5.74, 6) is 0.132. The molecule has 0 aromatic rings. The van der Waals surface area contributed by atoms with Crippen LogP contribution in [-0.2, 0) is 14.9 Å². The van der Waals surface area contributed by atoms with Crippen molar-refractivity contribution >= 4 is 27.7 Å². The second kappa shape index (κ2) is 5.62. The summed E-state index contributed by atoms with van der Waals surface area (Å²) in [6.45, 7) is 1.58. The Morgan fingerprint density at radius 3 is 2.38 bits per heavy atom. The fourth-order valence-corrected chi connectivity index (χ4v) is 2.46. The van der Waals surface area contributed by atoms with Crippen molar-refractivity contribution in [2.75, 3.05) is 12.0 Å². The van der Waals surface area contributed by atoms with Gasteiger partial charge in [0, 0.05) is 6.42 Å². The summed E-state index contributed by atoms with van der Waals surface area (Å²) in [5.41, 5.74) is 0. The standard InChI is InChI=1S/C7H14O4S2/c1-3-6(8)7(4-5-12-2)13(9,10)11/h7H,3-5H2,1-2H3,(H,9,10,11). The monoisotopic (exact) mass is 226 g/mol. The Morgan fingerprint density at radius 2 is 2.08 bits per heavy atom. The number of thioether (sulfide) groups is 1. The molecule has 0 heterocycles. The van der Waals surface area contributed by atoms with Gasteiger partial charge in [0.15, 0.2) is 5.78 Å². The van der Waals surface area contributed by atoms with Crippen molar-refractivity contribution < 1.29 is 17.8 Å². The van der Waals surface area contributed by atoms with Gasteiger partial charge in [0.25, 0.3) is 10.1 Å². The summed E-state index contributed by atoms with van der Waals surface area (Å²) < 4.78 is 30.3. The highest BCUT2D eigenvalue weighted by atomic mass is 32.2. The highest BCUT2D eigenvalue weighted by molar-refractivity contribution is 7.98. The lowest BCUT2D eigenvalue weighted by Crippen LogP contribution is -2.30. The maximum Gasteiger partial charge on any atom is 0.275 e. The largest absolute Gasteiger partial charge is 0.298 e. The lowest BCUT2D eigenvalue weighted by atomic mass is 10.2. The first-order chi connectivity index (χ1) is 5.93. The minimum atomic E-state index is -4.21. The van der Waals surface area contributed by atoms with Crippen molar-refractivity contribution in [3.05, 3.63) is 0 Å². The zero-order valence-electron chi connectivity index (χ0n) is 7.69. The van der Waals surface area contributed by atoms with Crippen LogP contribution in [0.1, 0.15) is 19.8 Å². The third-order valence-electron chi connectivity index (χ3n) is 1.65. The fraction of sp³-hybridized carbons (Fsp3) is 0.857. The average molecular weight is 226 g/mol. The highest BCUT2D eigenvalue weighted by Crippen LogP contribution is 2.11. The van der Waals surface area contributed by atoms with Gasteiger partial charge in [-0.2, -0.15) is 20.2 Å². The quantitative estimate of drug-likeness (QED) is 0.683. The number of carbonyl (C=O) groups excluding carboxylic acids is 1. The Labute approximate surface area is 82.8 Å². The van der Waals surface area contributed by atoms with Gasteiger partial charge in [-0.05, 0) is 18.4 Å². The Kier molecular flexibility index (Phi) is 5.59. The van der Waals surface area contributed by atoms with Crippen molar-refractivity contribution in [3.63, 3.8) is 0 Å². The number of rotatable bonds is 6. The summed E-state index contributed by atoms with van der Waals surface area (Å²) in [7, 11) is -4.21. The van der Waals surface area contributed by atoms with Crippen LogP contribution in [0.5, 0.6) is 0 Å². The van der Waals surface area contributed by atoms with Crippen molar-refractivity contribution in [2.24, 2.45) is 0 Å². The molecule has 0 spiro atoms. The van der Waals surface area contributed by atoms with Crippen LogP contribution in [0.15, 0.2) is 0 Å². The molecule has 6 heteroatoms. The summed E-state index contributed by atoms with van der Waals surface area (Å²) in [5, 5.41) is -1.23. The van der Waals surface area contributed by atoms with Crippen LogP contribution in [-0.4, -0.2) is 36.0 Å². The molecule has 4 nitrogen and oxygen atoms in total. The summed E-state index contributed by atoms with van der Waals surface area (Å²) in [6.07, 6.45) is 2.14. The molecule has 0 saturated carbocycles. The van der Waals surface area contributed by atoms with Crippen LogP contribution in [0, 0.1) is 0 Å². The molecule has 0 bridgehead atoms. The zero-order valence-corrected chi connectivity index (χ0v) is 9.32. The Balaban J connectivity index is 4.47. The molecule has 0 aliphatic rings. The summed E-state index contributed by atoms with van der Waals surface area (Å²) >= 11 is 1.45. The van der Waals surface area contributed by atoms with E-state index in [9.17, 15) is 13.2 Å². The lowest BCUT2D eigenvalue weighted by molar-refractivity contribution is -0.118. The van der Waals surface area contributed by atoms with E-state index in [0.717, 1.165) is 0 Å². The van der Waals surface area contributed by atoms with Gasteiger partial charge in [-0.1, -0.05) is 6.92 Å². The summed E-state index contributed by atoms with van der Waals surface area (Å²) in [4.78, 5) is 11.1. The molecule has 0 aromatic carbocycles. The molecule has 0 radical (unpaired) electrons. The normalized spacial score (nSPS) is 14.1. The molecular weight excluding hydrogens is 212 g/mol. The van der Waals surface area contributed by atoms with Crippen LogP contribution in [0.2, 0.25) is 0 Å². The number of hydrogen-bond acceptors (Lipinski definition) is 4. The van der Waals surface area contributed by atoms with E-state index in [1.807, 2.05) is 6.26 Å². The Morgan fingerprint density at radius 1 is 1.54 bits per heavy atom. The van der Waals surface area contributed by atoms with E-state index < -0.39 is 21.2 Å². The van der Waals surface area contributed by atoms with E-state index >= 15 is 0 Å². The average Bonchev–Trinajstić information content (AvgIpc) is 2.02. The molecule has 0 rings (SSSR count). The van der Waals surface area contributed by atoms with E-state index in [-0.39, 0.29) is 12.8 Å². The van der Waals surface area contributed by atoms with Gasteiger partial charge in [0.2, 0.25) is 0 Å². The van der Waals surface area contributed by atoms with Gasteiger partial charge in [-0.15, -0.1) is 0 Å². The molecule has 1 unspecified atom stereocenters. The molecular formula is C7H14O4S2. The Hall–Kier alpha value is -0.0700. The predicted octanol–water partition coefficient (Wildman–Crippen LogP) is 0.975. The summed E-state index contributed by atoms with van der Waals surface area (Å²) in [6, 6.07) is 0. The topological polar surface area (TPSA) is 71.4 Å². The molecule has 1 atom stereocenters. The van der Waals surface area contributed by atoms with Crippen molar-refractivity contribution in [1.82, 2.24) is 0 Å². The first-order valence-corrected chi connectivity index (χ1v) is 6.81. The predicted molar refractivity (Wildman–Crippen MR) is 53.6 cm³/mol. The van der Waals surface area contributed by atoms with Crippen molar-refractivity contribution in [1.29, 1.82) is 0 Å². The van der Waals surface area contributed by atoms with Gasteiger partial charge >= 0.3 is 0 Å². The molecule has 1 N–H and O–H groups in total. The van der Waals surface area contributed by atoms with Crippen LogP contribution < -0.4 is 0 Å². The van der Waals surface area contributed by atoms with E-state index in [1.165, 1.54) is 11.8 Å². The first kappa shape index (κ1) is 12.9. The van der Waals surface area contributed by atoms with Gasteiger partial charge in [0.1, 0.15) is 5.25 Å². The van der Waals surface area contributed by atoms with E-state index in [0.29, 0.717) is 5.75 Å². The molecule has 13 heavy (non-hydrogen) atoms. The number of hydrogen-bond donors (Lipinski definition) is 1. The highest BCUT2D eigenvalue weighted by Gasteiger charge is 2.28. The van der Waals surface area contributed by atoms with Crippen molar-refractivity contribution in [2.45, 2.75) is 25.0 Å². The molecule has 0 fully saturated rings. The maximum absolute atomic E-state index is 11.1. The van der Waals surface area contributed by atoms with Crippen molar-refractivity contribution in [3.8, 4) is 0 Å². The molecule has 0 amide bonds. The van der Waals surface area contributed by atoms with Gasteiger partial charge < -0.3 is 0 Å². The maximum atomic E-state index is 11.1. The van der Waals surface area contributed by atoms with Crippen LogP contribution in [0.3, 0.4) is 0 Å². The molecule has 78 valence electrons. The first-order valence-electron chi connectivity index (χ1n) is 3.91. The van der Waals surface area contributed by atoms with Gasteiger partial charge in [-0.25, -0.2) is 0 Å². The van der Waals surface area contributed by atoms with Crippen LogP contribution in [0.25, 0.3) is 0 Å². The third-order valence-corrected chi connectivity index (χ3v) is 3.51. The van der Waals surface area contributed by atoms with Crippen LogP contribution >= 0.6 is 11.8 Å². The smallest absolute Gasteiger partial charge is 0.275 e. The van der Waals surface area contributed by atoms with E-state index in [2.05, 4.69) is 0 Å². The number of Topliss-reactive ketones (excluding diaryl/α,β-unsaturated/α-hetero) is 1. The zero-order chi connectivity index (χ0) is 10.5. The SMILES string of the molecule is CCC(=O)C(CCSC)S(=O)(=O)O. The second-order valence-corrected chi connectivity index (χ2v) is 5.19. The minimum Gasteiger partial charge on any atom is -0.298 e. The van der Waals surface area contributed by atoms with E-state index in [4.69, 9.17) is 4.55 Å². The molecule has 0 saturated heterocycles. The fourth-order valence-electron chi connectivity index (χ4n) is 0.929. The third kappa shape index (κ3) is 4.64. The van der Waals surface area contributed by atoms with Gasteiger partial charge in [-0.3, -0.25) is 9.35 Å². The molecule has 0 aromatic heterocycles. The van der Waals surface area contributed by atoms with Gasteiger partial charge in [0.05, 0.1) is 0 Å². The number of carbonyl (C=O) groups is 1. The lowest BCUT2D eigenvalue weighted by Gasteiger charge is -2.10. The minimum absolute atomic E-state index is 0.138. The molecule has 0 aliphatic heterocycles. The van der Waals surface area contributed by atoms with Crippen LogP contribution in [0.4, 0.5) is 0 Å².